The van der Waals surface area contributed by atoms with E-state index in [1.54, 1.807) is 0 Å². The minimum atomic E-state index is 0.0937. The largest absolute Gasteiger partial charge is 0.360 e. The van der Waals surface area contributed by atoms with Crippen LogP contribution in [0.5, 0.6) is 0 Å². The highest BCUT2D eigenvalue weighted by molar-refractivity contribution is 9.10. The molecule has 78 valence electrons. The summed E-state index contributed by atoms with van der Waals surface area (Å²) >= 11 is 3.53. The Labute approximate surface area is 97.0 Å². The predicted molar refractivity (Wildman–Crippen MR) is 65.9 cm³/mol. The van der Waals surface area contributed by atoms with Crippen molar-refractivity contribution in [3.63, 3.8) is 0 Å². The topological polar surface area (TPSA) is 41.8 Å². The van der Waals surface area contributed by atoms with E-state index in [4.69, 9.17) is 5.73 Å². The van der Waals surface area contributed by atoms with Gasteiger partial charge in [0.1, 0.15) is 0 Å². The quantitative estimate of drug-likeness (QED) is 0.861. The molecule has 0 bridgehead atoms. The van der Waals surface area contributed by atoms with Gasteiger partial charge in [0.15, 0.2) is 0 Å². The first-order valence-corrected chi connectivity index (χ1v) is 6.00. The summed E-state index contributed by atoms with van der Waals surface area (Å²) in [6, 6.07) is 6.52. The van der Waals surface area contributed by atoms with Crippen LogP contribution in [0.15, 0.2) is 28.9 Å². The van der Waals surface area contributed by atoms with E-state index < -0.39 is 0 Å². The van der Waals surface area contributed by atoms with E-state index in [0.29, 0.717) is 0 Å². The van der Waals surface area contributed by atoms with Gasteiger partial charge in [-0.15, -0.1) is 0 Å². The second kappa shape index (κ2) is 3.09. The number of hydrogen-bond donors (Lipinski definition) is 2. The van der Waals surface area contributed by atoms with Gasteiger partial charge in [-0.05, 0) is 52.9 Å². The van der Waals surface area contributed by atoms with Gasteiger partial charge in [-0.25, -0.2) is 0 Å². The predicted octanol–water partition coefficient (Wildman–Crippen LogP) is 2.96. The minimum Gasteiger partial charge on any atom is -0.360 e. The van der Waals surface area contributed by atoms with Crippen LogP contribution < -0.4 is 5.73 Å². The Morgan fingerprint density at radius 1 is 1.40 bits per heavy atom. The second-order valence-electron chi connectivity index (χ2n) is 4.56. The number of fused-ring (bicyclic) bond motifs is 1. The van der Waals surface area contributed by atoms with E-state index in [1.165, 1.54) is 29.3 Å². The molecule has 0 spiro atoms. The Bertz CT molecular complexity index is 511. The van der Waals surface area contributed by atoms with Crippen molar-refractivity contribution in [3.8, 4) is 0 Å². The van der Waals surface area contributed by atoms with Crippen molar-refractivity contribution in [2.24, 2.45) is 5.73 Å². The molecular formula is C12H13BrN2. The van der Waals surface area contributed by atoms with Gasteiger partial charge in [-0.1, -0.05) is 6.07 Å². The number of nitrogens with one attached hydrogen (secondary N) is 1. The Hall–Kier alpha value is -0.800. The number of halogens is 1. The molecule has 2 aromatic rings. The number of aromatic amines is 1. The first kappa shape index (κ1) is 9.43. The summed E-state index contributed by atoms with van der Waals surface area (Å²) in [5, 5.41) is 1.25. The molecule has 1 aliphatic rings. The fourth-order valence-corrected chi connectivity index (χ4v) is 2.43. The lowest BCUT2D eigenvalue weighted by Crippen LogP contribution is -2.24. The Balaban J connectivity index is 2.01. The zero-order chi connectivity index (χ0) is 10.5. The van der Waals surface area contributed by atoms with Gasteiger partial charge in [0.2, 0.25) is 0 Å². The van der Waals surface area contributed by atoms with Crippen molar-refractivity contribution < 1.29 is 0 Å². The van der Waals surface area contributed by atoms with Crippen LogP contribution >= 0.6 is 15.9 Å². The van der Waals surface area contributed by atoms with Crippen molar-refractivity contribution in [1.29, 1.82) is 0 Å². The lowest BCUT2D eigenvalue weighted by atomic mass is 10.0. The van der Waals surface area contributed by atoms with Gasteiger partial charge in [-0.3, -0.25) is 0 Å². The smallest absolute Gasteiger partial charge is 0.0465 e. The zero-order valence-electron chi connectivity index (χ0n) is 8.39. The van der Waals surface area contributed by atoms with E-state index in [2.05, 4.69) is 39.1 Å². The molecule has 0 saturated heterocycles. The van der Waals surface area contributed by atoms with E-state index >= 15 is 0 Å². The molecule has 1 aliphatic carbocycles. The third-order valence-electron chi connectivity index (χ3n) is 3.14. The van der Waals surface area contributed by atoms with Crippen LogP contribution in [0.4, 0.5) is 0 Å². The highest BCUT2D eigenvalue weighted by atomic mass is 79.9. The van der Waals surface area contributed by atoms with Gasteiger partial charge in [-0.2, -0.15) is 0 Å². The molecule has 3 N–H and O–H groups in total. The van der Waals surface area contributed by atoms with Crippen LogP contribution in [0, 0.1) is 0 Å². The highest BCUT2D eigenvalue weighted by Crippen LogP contribution is 2.36. The van der Waals surface area contributed by atoms with Gasteiger partial charge in [0.25, 0.3) is 0 Å². The van der Waals surface area contributed by atoms with Gasteiger partial charge in [0.05, 0.1) is 0 Å². The number of hydrogen-bond acceptors (Lipinski definition) is 1. The molecule has 1 heterocycles. The van der Waals surface area contributed by atoms with Crippen LogP contribution in [0.1, 0.15) is 18.4 Å². The third kappa shape index (κ3) is 1.70. The molecule has 3 heteroatoms. The number of H-pyrrole nitrogens is 1. The molecule has 15 heavy (non-hydrogen) atoms. The van der Waals surface area contributed by atoms with Gasteiger partial charge < -0.3 is 10.7 Å². The Morgan fingerprint density at radius 2 is 2.20 bits per heavy atom. The number of aromatic nitrogens is 1. The molecule has 0 aliphatic heterocycles. The average molecular weight is 265 g/mol. The molecule has 1 aromatic carbocycles. The second-order valence-corrected chi connectivity index (χ2v) is 5.41. The summed E-state index contributed by atoms with van der Waals surface area (Å²) in [4.78, 5) is 3.22. The van der Waals surface area contributed by atoms with Crippen LogP contribution in [-0.2, 0) is 6.42 Å². The molecule has 1 aromatic heterocycles. The molecule has 3 rings (SSSR count). The van der Waals surface area contributed by atoms with E-state index in [9.17, 15) is 0 Å². The number of rotatable bonds is 2. The minimum absolute atomic E-state index is 0.0937. The van der Waals surface area contributed by atoms with Crippen LogP contribution in [0.25, 0.3) is 10.9 Å². The first-order chi connectivity index (χ1) is 7.16. The molecule has 2 nitrogen and oxygen atoms in total. The van der Waals surface area contributed by atoms with Crippen molar-refractivity contribution in [2.45, 2.75) is 24.8 Å². The summed E-state index contributed by atoms with van der Waals surface area (Å²) in [5.41, 5.74) is 8.72. The monoisotopic (exact) mass is 264 g/mol. The van der Waals surface area contributed by atoms with Crippen LogP contribution in [0.3, 0.4) is 0 Å². The summed E-state index contributed by atoms with van der Waals surface area (Å²) in [6.45, 7) is 0. The van der Waals surface area contributed by atoms with Crippen molar-refractivity contribution in [2.75, 3.05) is 0 Å². The summed E-state index contributed by atoms with van der Waals surface area (Å²) in [6.07, 6.45) is 5.31. The third-order valence-corrected chi connectivity index (χ3v) is 3.80. The van der Waals surface area contributed by atoms with Crippen molar-refractivity contribution in [3.05, 3.63) is 34.4 Å². The maximum atomic E-state index is 6.12. The first-order valence-electron chi connectivity index (χ1n) is 5.21. The molecule has 0 atom stereocenters. The standard InChI is InChI=1S/C12H13BrN2/c13-10-7-15-11-2-1-8(5-9(10)11)6-12(14)3-4-12/h1-2,5,7,15H,3-4,6,14H2. The molecule has 0 radical (unpaired) electrons. The van der Waals surface area contributed by atoms with Gasteiger partial charge in [0, 0.05) is 27.1 Å². The SMILES string of the molecule is NC1(Cc2ccc3[nH]cc(Br)c3c2)CC1. The molecule has 1 fully saturated rings. The Morgan fingerprint density at radius 3 is 2.93 bits per heavy atom. The van der Waals surface area contributed by atoms with Crippen LogP contribution in [-0.4, -0.2) is 10.5 Å². The van der Waals surface area contributed by atoms with Gasteiger partial charge >= 0.3 is 0 Å². The summed E-state index contributed by atoms with van der Waals surface area (Å²) < 4.78 is 1.13. The van der Waals surface area contributed by atoms with Crippen molar-refractivity contribution in [1.82, 2.24) is 4.98 Å². The lowest BCUT2D eigenvalue weighted by molar-refractivity contribution is 0.673. The zero-order valence-corrected chi connectivity index (χ0v) is 9.97. The van der Waals surface area contributed by atoms with E-state index in [1.807, 2.05) is 6.20 Å². The molecular weight excluding hydrogens is 252 g/mol. The highest BCUT2D eigenvalue weighted by Gasteiger charge is 2.37. The lowest BCUT2D eigenvalue weighted by Gasteiger charge is -2.08. The number of nitrogens with two attached hydrogens (primary N) is 1. The van der Waals surface area contributed by atoms with E-state index in [-0.39, 0.29) is 5.54 Å². The fraction of sp³-hybridized carbons (Fsp3) is 0.333. The number of benzene rings is 1. The normalized spacial score (nSPS) is 18.3. The fourth-order valence-electron chi connectivity index (χ4n) is 1.99. The van der Waals surface area contributed by atoms with Crippen molar-refractivity contribution >= 4 is 26.8 Å². The molecule has 0 unspecified atom stereocenters. The summed E-state index contributed by atoms with van der Waals surface area (Å²) in [5.74, 6) is 0. The molecule has 1 saturated carbocycles. The van der Waals surface area contributed by atoms with Crippen LogP contribution in [0.2, 0.25) is 0 Å². The average Bonchev–Trinajstić information content (AvgIpc) is 2.82. The maximum Gasteiger partial charge on any atom is 0.0465 e. The van der Waals surface area contributed by atoms with E-state index in [0.717, 1.165) is 10.9 Å². The summed E-state index contributed by atoms with van der Waals surface area (Å²) in [7, 11) is 0. The Kier molecular flexibility index (Phi) is 1.94. The molecule has 0 amide bonds. The maximum absolute atomic E-state index is 6.12.